The van der Waals surface area contributed by atoms with Gasteiger partial charge in [-0.25, -0.2) is 0 Å². The van der Waals surface area contributed by atoms with Gasteiger partial charge in [0.2, 0.25) is 0 Å². The van der Waals surface area contributed by atoms with Gasteiger partial charge in [-0.2, -0.15) is 5.26 Å². The van der Waals surface area contributed by atoms with Crippen LogP contribution in [-0.2, 0) is 0 Å². The minimum absolute atomic E-state index is 0.715. The third-order valence-corrected chi connectivity index (χ3v) is 2.83. The third-order valence-electron chi connectivity index (χ3n) is 0.974. The molecule has 0 amide bonds. The number of hydrogen-bond acceptors (Lipinski definition) is 1. The second kappa shape index (κ2) is 8.76. The Kier molecular flexibility index (Phi) is 8.52. The molecule has 0 heterocycles. The maximum atomic E-state index is 8.29. The maximum Gasteiger partial charge on any atom is 0.0991 e. The number of hydrogen-bond donors (Lipinski definition) is 0. The summed E-state index contributed by atoms with van der Waals surface area (Å²) in [4.78, 5) is 0. The first-order valence-electron chi connectivity index (χ1n) is 3.42. The molecule has 0 atom stereocenters. The summed E-state index contributed by atoms with van der Waals surface area (Å²) in [6.07, 6.45) is 0. The predicted octanol–water partition coefficient (Wildman–Crippen LogP) is 3.33. The van der Waals surface area contributed by atoms with Gasteiger partial charge in [-0.05, 0) is 12.1 Å². The summed E-state index contributed by atoms with van der Waals surface area (Å²) in [5.74, 6) is 0. The Hall–Kier alpha value is -0.330. The first-order valence-corrected chi connectivity index (χ1v) is 5.66. The zero-order chi connectivity index (χ0) is 9.23. The van der Waals surface area contributed by atoms with E-state index in [-0.39, 0.29) is 0 Å². The standard InChI is InChI=1S/C7H5N.C2H4Br2/c8-6-7-4-2-1-3-5-7;3-1-2-4/h1-5H;1-2H2. The average Bonchev–Trinajstić information content (AvgIpc) is 2.19. The quantitative estimate of drug-likeness (QED) is 0.728. The van der Waals surface area contributed by atoms with Crippen LogP contribution < -0.4 is 0 Å². The first kappa shape index (κ1) is 11.7. The predicted molar refractivity (Wildman–Crippen MR) is 58.7 cm³/mol. The van der Waals surface area contributed by atoms with Gasteiger partial charge in [-0.15, -0.1) is 0 Å². The van der Waals surface area contributed by atoms with Crippen molar-refractivity contribution in [2.24, 2.45) is 0 Å². The largest absolute Gasteiger partial charge is 0.192 e. The maximum absolute atomic E-state index is 8.29. The molecule has 0 N–H and O–H groups in total. The van der Waals surface area contributed by atoms with Crippen molar-refractivity contribution in [3.8, 4) is 6.07 Å². The fourth-order valence-corrected chi connectivity index (χ4v) is 0.513. The number of nitrogens with zero attached hydrogens (tertiary/aromatic N) is 1. The zero-order valence-electron chi connectivity index (χ0n) is 6.50. The average molecular weight is 291 g/mol. The Bertz CT molecular complexity index is 226. The van der Waals surface area contributed by atoms with Gasteiger partial charge in [0.05, 0.1) is 11.6 Å². The van der Waals surface area contributed by atoms with E-state index in [9.17, 15) is 0 Å². The van der Waals surface area contributed by atoms with Gasteiger partial charge < -0.3 is 0 Å². The van der Waals surface area contributed by atoms with Crippen LogP contribution in [0.25, 0.3) is 0 Å². The number of benzene rings is 1. The van der Waals surface area contributed by atoms with E-state index >= 15 is 0 Å². The highest BCUT2D eigenvalue weighted by atomic mass is 79.9. The van der Waals surface area contributed by atoms with Gasteiger partial charge in [-0.1, -0.05) is 50.1 Å². The van der Waals surface area contributed by atoms with E-state index in [4.69, 9.17) is 5.26 Å². The molecule has 0 saturated heterocycles. The van der Waals surface area contributed by atoms with Gasteiger partial charge in [0.1, 0.15) is 0 Å². The summed E-state index contributed by atoms with van der Waals surface area (Å²) in [6, 6.07) is 11.2. The minimum atomic E-state index is 0.715. The second-order valence-corrected chi connectivity index (χ2v) is 3.44. The molecule has 0 aliphatic heterocycles. The van der Waals surface area contributed by atoms with E-state index in [1.807, 2.05) is 24.3 Å². The van der Waals surface area contributed by atoms with Crippen LogP contribution in [0.3, 0.4) is 0 Å². The summed E-state index contributed by atoms with van der Waals surface area (Å²) < 4.78 is 0. The monoisotopic (exact) mass is 289 g/mol. The van der Waals surface area contributed by atoms with Crippen LogP contribution in [0.15, 0.2) is 30.3 Å². The van der Waals surface area contributed by atoms with Crippen LogP contribution in [0.1, 0.15) is 5.56 Å². The first-order chi connectivity index (χ1) is 5.85. The molecule has 64 valence electrons. The Morgan fingerprint density at radius 2 is 1.58 bits per heavy atom. The molecule has 0 radical (unpaired) electrons. The molecular weight excluding hydrogens is 282 g/mol. The molecule has 0 aromatic heterocycles. The molecule has 1 aromatic carbocycles. The minimum Gasteiger partial charge on any atom is -0.192 e. The summed E-state index contributed by atoms with van der Waals surface area (Å²) >= 11 is 6.40. The van der Waals surface area contributed by atoms with E-state index in [1.54, 1.807) is 12.1 Å². The molecule has 1 rings (SSSR count). The highest BCUT2D eigenvalue weighted by Gasteiger charge is 1.79. The lowest BCUT2D eigenvalue weighted by molar-refractivity contribution is 1.49. The third kappa shape index (κ3) is 6.38. The Morgan fingerprint density at radius 1 is 1.08 bits per heavy atom. The number of halogens is 2. The molecule has 3 heteroatoms. The fourth-order valence-electron chi connectivity index (χ4n) is 0.513. The van der Waals surface area contributed by atoms with Crippen molar-refractivity contribution in [1.29, 1.82) is 5.26 Å². The summed E-state index contributed by atoms with van der Waals surface area (Å²) in [5.41, 5.74) is 0.715. The lowest BCUT2D eigenvalue weighted by Crippen LogP contribution is -1.66. The van der Waals surface area contributed by atoms with E-state index in [1.165, 1.54) is 0 Å². The topological polar surface area (TPSA) is 23.8 Å². The fraction of sp³-hybridized carbons (Fsp3) is 0.222. The van der Waals surface area contributed by atoms with Crippen LogP contribution in [0.4, 0.5) is 0 Å². The van der Waals surface area contributed by atoms with Gasteiger partial charge in [-0.3, -0.25) is 0 Å². The van der Waals surface area contributed by atoms with Crippen molar-refractivity contribution in [3.63, 3.8) is 0 Å². The molecule has 0 aliphatic carbocycles. The highest BCUT2D eigenvalue weighted by Crippen LogP contribution is 1.93. The van der Waals surface area contributed by atoms with Crippen molar-refractivity contribution in [2.45, 2.75) is 0 Å². The Morgan fingerprint density at radius 3 is 1.83 bits per heavy atom. The van der Waals surface area contributed by atoms with Crippen LogP contribution >= 0.6 is 31.9 Å². The molecule has 0 spiro atoms. The van der Waals surface area contributed by atoms with Gasteiger partial charge in [0.25, 0.3) is 0 Å². The van der Waals surface area contributed by atoms with Crippen molar-refractivity contribution >= 4 is 31.9 Å². The summed E-state index contributed by atoms with van der Waals surface area (Å²) in [6.45, 7) is 0. The van der Waals surface area contributed by atoms with Gasteiger partial charge >= 0.3 is 0 Å². The molecule has 12 heavy (non-hydrogen) atoms. The Labute approximate surface area is 89.7 Å². The SMILES string of the molecule is BrCCBr.N#Cc1ccccc1. The van der Waals surface area contributed by atoms with Crippen LogP contribution in [-0.4, -0.2) is 10.7 Å². The van der Waals surface area contributed by atoms with Crippen molar-refractivity contribution in [1.82, 2.24) is 0 Å². The lowest BCUT2D eigenvalue weighted by Gasteiger charge is -1.80. The molecule has 1 aromatic rings. The summed E-state index contributed by atoms with van der Waals surface area (Å²) in [7, 11) is 0. The molecule has 0 fully saturated rings. The van der Waals surface area contributed by atoms with Crippen LogP contribution in [0.5, 0.6) is 0 Å². The van der Waals surface area contributed by atoms with Crippen molar-refractivity contribution in [2.75, 3.05) is 10.7 Å². The van der Waals surface area contributed by atoms with E-state index in [2.05, 4.69) is 31.9 Å². The van der Waals surface area contributed by atoms with Crippen LogP contribution in [0, 0.1) is 11.3 Å². The Balaban J connectivity index is 0.000000261. The zero-order valence-corrected chi connectivity index (χ0v) is 9.68. The van der Waals surface area contributed by atoms with E-state index < -0.39 is 0 Å². The van der Waals surface area contributed by atoms with E-state index in [0.29, 0.717) is 5.56 Å². The second-order valence-electron chi connectivity index (χ2n) is 1.86. The molecular formula is C9H9Br2N. The summed E-state index contributed by atoms with van der Waals surface area (Å²) in [5, 5.41) is 10.4. The lowest BCUT2D eigenvalue weighted by atomic mass is 10.2. The number of alkyl halides is 2. The molecule has 0 unspecified atom stereocenters. The van der Waals surface area contributed by atoms with Gasteiger partial charge in [0.15, 0.2) is 0 Å². The molecule has 0 bridgehead atoms. The van der Waals surface area contributed by atoms with Crippen molar-refractivity contribution < 1.29 is 0 Å². The van der Waals surface area contributed by atoms with Gasteiger partial charge in [0, 0.05) is 10.7 Å². The number of nitriles is 1. The normalized spacial score (nSPS) is 7.75. The highest BCUT2D eigenvalue weighted by molar-refractivity contribution is 9.11. The smallest absolute Gasteiger partial charge is 0.0991 e. The molecule has 0 aliphatic rings. The molecule has 0 saturated carbocycles. The van der Waals surface area contributed by atoms with Crippen molar-refractivity contribution in [3.05, 3.63) is 35.9 Å². The molecule has 1 nitrogen and oxygen atoms in total. The number of rotatable bonds is 1. The van der Waals surface area contributed by atoms with E-state index in [0.717, 1.165) is 10.7 Å². The van der Waals surface area contributed by atoms with Crippen LogP contribution in [0.2, 0.25) is 0 Å².